The molecule has 0 radical (unpaired) electrons. The van der Waals surface area contributed by atoms with E-state index in [0.29, 0.717) is 16.1 Å². The highest BCUT2D eigenvalue weighted by Crippen LogP contribution is 2.33. The van der Waals surface area contributed by atoms with E-state index in [1.807, 2.05) is 6.07 Å². The van der Waals surface area contributed by atoms with Gasteiger partial charge >= 0.3 is 0 Å². The van der Waals surface area contributed by atoms with Gasteiger partial charge in [0.2, 0.25) is 0 Å². The van der Waals surface area contributed by atoms with Gasteiger partial charge in [0.25, 0.3) is 0 Å². The first kappa shape index (κ1) is 18.4. The van der Waals surface area contributed by atoms with Crippen LogP contribution in [0.3, 0.4) is 0 Å². The molecule has 0 unspecified atom stereocenters. The van der Waals surface area contributed by atoms with E-state index in [0.717, 1.165) is 0 Å². The summed E-state index contributed by atoms with van der Waals surface area (Å²) in [6.45, 7) is 0. The van der Waals surface area contributed by atoms with Crippen LogP contribution in [0.2, 0.25) is 5.02 Å². The highest BCUT2D eigenvalue weighted by atomic mass is 35.5. The van der Waals surface area contributed by atoms with Crippen molar-refractivity contribution in [1.82, 2.24) is 0 Å². The van der Waals surface area contributed by atoms with Crippen LogP contribution in [-0.2, 0) is 9.84 Å². The van der Waals surface area contributed by atoms with Crippen LogP contribution < -0.4 is 0 Å². The maximum atomic E-state index is 13.2. The van der Waals surface area contributed by atoms with Crippen LogP contribution in [0, 0.1) is 0 Å². The Morgan fingerprint density at radius 1 is 0.808 bits per heavy atom. The van der Waals surface area contributed by atoms with Gasteiger partial charge in [-0.1, -0.05) is 72.3 Å². The lowest BCUT2D eigenvalue weighted by Crippen LogP contribution is -2.18. The van der Waals surface area contributed by atoms with Gasteiger partial charge < -0.3 is 0 Å². The highest BCUT2D eigenvalue weighted by Gasteiger charge is 2.31. The Morgan fingerprint density at radius 3 is 1.92 bits per heavy atom. The first-order chi connectivity index (χ1) is 12.5. The fourth-order valence-corrected chi connectivity index (χ4v) is 4.65. The van der Waals surface area contributed by atoms with E-state index >= 15 is 0 Å². The molecule has 3 aromatic carbocycles. The van der Waals surface area contributed by atoms with Gasteiger partial charge in [0.05, 0.1) is 10.1 Å². The van der Waals surface area contributed by atoms with E-state index in [9.17, 15) is 13.2 Å². The third-order valence-corrected chi connectivity index (χ3v) is 6.52. The van der Waals surface area contributed by atoms with Gasteiger partial charge in [-0.2, -0.15) is 0 Å². The molecule has 26 heavy (non-hydrogen) atoms. The van der Waals surface area contributed by atoms with Crippen LogP contribution in [0.5, 0.6) is 0 Å². The van der Waals surface area contributed by atoms with Crippen LogP contribution >= 0.6 is 11.6 Å². The summed E-state index contributed by atoms with van der Waals surface area (Å²) in [5.41, 5.74) is 1.04. The van der Waals surface area contributed by atoms with E-state index in [1.54, 1.807) is 78.9 Å². The number of Topliss-reactive ketones (excluding diaryl/α,β-unsaturated/α-hetero) is 1. The van der Waals surface area contributed by atoms with E-state index in [2.05, 4.69) is 0 Å². The lowest BCUT2D eigenvalue weighted by molar-refractivity contribution is 0.0980. The summed E-state index contributed by atoms with van der Waals surface area (Å²) < 4.78 is 26.4. The molecule has 3 nitrogen and oxygen atoms in total. The molecule has 0 bridgehead atoms. The second-order valence-corrected chi connectivity index (χ2v) is 8.46. The van der Waals surface area contributed by atoms with E-state index < -0.39 is 15.1 Å². The minimum atomic E-state index is -3.73. The predicted molar refractivity (Wildman–Crippen MR) is 103 cm³/mol. The van der Waals surface area contributed by atoms with Gasteiger partial charge in [-0.25, -0.2) is 8.42 Å². The number of benzene rings is 3. The number of rotatable bonds is 6. The number of sulfone groups is 1. The Bertz CT molecular complexity index is 982. The number of carbonyl (C=O) groups excluding carboxylic acids is 1. The van der Waals surface area contributed by atoms with Crippen molar-refractivity contribution in [3.05, 3.63) is 101 Å². The molecule has 0 N–H and O–H groups in total. The maximum Gasteiger partial charge on any atom is 0.185 e. The van der Waals surface area contributed by atoms with Crippen LogP contribution in [0.25, 0.3) is 0 Å². The maximum absolute atomic E-state index is 13.2. The average molecular weight is 385 g/mol. The SMILES string of the molecule is O=C(C[C@@H](c1ccc(Cl)cc1)S(=O)(=O)c1ccccc1)c1ccccc1. The molecular formula is C21H17ClO3S. The van der Waals surface area contributed by atoms with E-state index in [4.69, 9.17) is 11.6 Å². The van der Waals surface area contributed by atoms with E-state index in [1.165, 1.54) is 0 Å². The molecule has 3 aromatic rings. The molecule has 3 rings (SSSR count). The molecule has 0 aromatic heterocycles. The third-order valence-electron chi connectivity index (χ3n) is 4.15. The number of carbonyl (C=O) groups is 1. The van der Waals surface area contributed by atoms with Gasteiger partial charge in [0.1, 0.15) is 0 Å². The molecule has 0 saturated heterocycles. The zero-order chi connectivity index (χ0) is 18.6. The Morgan fingerprint density at radius 2 is 1.35 bits per heavy atom. The molecular weight excluding hydrogens is 368 g/mol. The summed E-state index contributed by atoms with van der Waals surface area (Å²) in [5.74, 6) is -0.218. The number of hydrogen-bond donors (Lipinski definition) is 0. The van der Waals surface area contributed by atoms with Crippen LogP contribution in [0.15, 0.2) is 89.8 Å². The molecule has 0 saturated carbocycles. The molecule has 0 aliphatic rings. The van der Waals surface area contributed by atoms with Crippen molar-refractivity contribution >= 4 is 27.2 Å². The second-order valence-electron chi connectivity index (χ2n) is 5.89. The highest BCUT2D eigenvalue weighted by molar-refractivity contribution is 7.91. The zero-order valence-electron chi connectivity index (χ0n) is 13.9. The Hall–Kier alpha value is -2.43. The van der Waals surface area contributed by atoms with Crippen LogP contribution in [0.1, 0.15) is 27.6 Å². The van der Waals surface area contributed by atoms with Crippen molar-refractivity contribution < 1.29 is 13.2 Å². The third kappa shape index (κ3) is 4.03. The molecule has 0 amide bonds. The minimum Gasteiger partial charge on any atom is -0.294 e. The van der Waals surface area contributed by atoms with Crippen molar-refractivity contribution in [2.24, 2.45) is 0 Å². The molecule has 132 valence electrons. The van der Waals surface area contributed by atoms with Gasteiger partial charge in [0.15, 0.2) is 15.6 Å². The molecule has 0 fully saturated rings. The number of hydrogen-bond acceptors (Lipinski definition) is 3. The van der Waals surface area contributed by atoms with Crippen molar-refractivity contribution in [3.8, 4) is 0 Å². The summed E-state index contributed by atoms with van der Waals surface area (Å²) in [4.78, 5) is 12.9. The molecule has 1 atom stereocenters. The van der Waals surface area contributed by atoms with Crippen molar-refractivity contribution in [2.45, 2.75) is 16.6 Å². The number of halogens is 1. The molecule has 0 aliphatic carbocycles. The topological polar surface area (TPSA) is 51.2 Å². The lowest BCUT2D eigenvalue weighted by Gasteiger charge is -2.18. The summed E-state index contributed by atoms with van der Waals surface area (Å²) in [5, 5.41) is -0.464. The standard InChI is InChI=1S/C21H17ClO3S/c22-18-13-11-17(12-14-18)21(15-20(23)16-7-3-1-4-8-16)26(24,25)19-9-5-2-6-10-19/h1-14,21H,15H2/t21-/m0/s1. The fraction of sp³-hybridized carbons (Fsp3) is 0.0952. The average Bonchev–Trinajstić information content (AvgIpc) is 2.68. The minimum absolute atomic E-state index is 0.136. The molecule has 0 heterocycles. The Labute approximate surface area is 158 Å². The normalized spacial score (nSPS) is 12.5. The van der Waals surface area contributed by atoms with Crippen molar-refractivity contribution in [3.63, 3.8) is 0 Å². The summed E-state index contributed by atoms with van der Waals surface area (Å²) in [6, 6.07) is 23.5. The van der Waals surface area contributed by atoms with Gasteiger partial charge in [0, 0.05) is 17.0 Å². The van der Waals surface area contributed by atoms with Gasteiger partial charge in [-0.05, 0) is 29.8 Å². The van der Waals surface area contributed by atoms with Crippen molar-refractivity contribution in [1.29, 1.82) is 0 Å². The van der Waals surface area contributed by atoms with E-state index in [-0.39, 0.29) is 17.1 Å². The van der Waals surface area contributed by atoms with Gasteiger partial charge in [-0.15, -0.1) is 0 Å². The number of ketones is 1. The first-order valence-electron chi connectivity index (χ1n) is 8.11. The monoisotopic (exact) mass is 384 g/mol. The fourth-order valence-electron chi connectivity index (χ4n) is 2.77. The van der Waals surface area contributed by atoms with Crippen LogP contribution in [-0.4, -0.2) is 14.2 Å². The largest absolute Gasteiger partial charge is 0.294 e. The summed E-state index contributed by atoms with van der Waals surface area (Å²) in [6.07, 6.45) is -0.136. The lowest BCUT2D eigenvalue weighted by atomic mass is 10.0. The molecule has 5 heteroatoms. The Kier molecular flexibility index (Phi) is 5.55. The predicted octanol–water partition coefficient (Wildman–Crippen LogP) is 5.13. The molecule has 0 aliphatic heterocycles. The quantitative estimate of drug-likeness (QED) is 0.553. The second kappa shape index (κ2) is 7.85. The zero-order valence-corrected chi connectivity index (χ0v) is 15.5. The van der Waals surface area contributed by atoms with Crippen molar-refractivity contribution in [2.75, 3.05) is 0 Å². The smallest absolute Gasteiger partial charge is 0.185 e. The van der Waals surface area contributed by atoms with Crippen LogP contribution in [0.4, 0.5) is 0 Å². The van der Waals surface area contributed by atoms with Gasteiger partial charge in [-0.3, -0.25) is 4.79 Å². The molecule has 0 spiro atoms. The summed E-state index contributed by atoms with van der Waals surface area (Å²) in [7, 11) is -3.73. The first-order valence-corrected chi connectivity index (χ1v) is 10.0. The Balaban J connectivity index is 2.02. The summed E-state index contributed by atoms with van der Waals surface area (Å²) >= 11 is 5.93.